The maximum atomic E-state index is 13.0. The van der Waals surface area contributed by atoms with Crippen molar-refractivity contribution in [3.8, 4) is 0 Å². The van der Waals surface area contributed by atoms with E-state index in [-0.39, 0.29) is 11.8 Å². The van der Waals surface area contributed by atoms with E-state index in [1.807, 2.05) is 26.0 Å². The van der Waals surface area contributed by atoms with Gasteiger partial charge in [-0.3, -0.25) is 9.59 Å². The van der Waals surface area contributed by atoms with Crippen LogP contribution in [-0.4, -0.2) is 57.8 Å². The number of para-hydroxylation sites is 1. The monoisotopic (exact) mass is 395 g/mol. The fourth-order valence-corrected chi connectivity index (χ4v) is 3.57. The molecule has 1 fully saturated rings. The van der Waals surface area contributed by atoms with E-state index in [1.165, 1.54) is 5.56 Å². The van der Waals surface area contributed by atoms with Crippen LogP contribution in [-0.2, 0) is 4.79 Å². The number of aromatic nitrogens is 2. The third-order valence-corrected chi connectivity index (χ3v) is 5.25. The van der Waals surface area contributed by atoms with E-state index in [0.29, 0.717) is 43.7 Å². The summed E-state index contributed by atoms with van der Waals surface area (Å²) in [4.78, 5) is 37.0. The van der Waals surface area contributed by atoms with E-state index in [2.05, 4.69) is 35.2 Å². The van der Waals surface area contributed by atoms with E-state index in [0.717, 1.165) is 16.9 Å². The van der Waals surface area contributed by atoms with E-state index in [9.17, 15) is 9.59 Å². The molecule has 0 bridgehead atoms. The van der Waals surface area contributed by atoms with Crippen LogP contribution in [0.5, 0.6) is 0 Å². The minimum atomic E-state index is -0.129. The molecular formula is C22H29N5O2. The third-order valence-electron chi connectivity index (χ3n) is 5.25. The number of amides is 2. The molecule has 1 aromatic heterocycles. The van der Waals surface area contributed by atoms with Crippen molar-refractivity contribution in [3.63, 3.8) is 0 Å². The predicted octanol–water partition coefficient (Wildman–Crippen LogP) is 3.26. The summed E-state index contributed by atoms with van der Waals surface area (Å²) in [6.45, 7) is 11.9. The lowest BCUT2D eigenvalue weighted by atomic mass is 9.98. The molecule has 154 valence electrons. The molecule has 0 saturated carbocycles. The van der Waals surface area contributed by atoms with Gasteiger partial charge in [0, 0.05) is 44.5 Å². The number of rotatable bonds is 4. The molecule has 2 amide bonds. The average molecular weight is 396 g/mol. The van der Waals surface area contributed by atoms with Gasteiger partial charge in [0.05, 0.1) is 0 Å². The van der Waals surface area contributed by atoms with E-state index in [1.54, 1.807) is 22.8 Å². The number of hydrogen-bond donors (Lipinski definition) is 1. The van der Waals surface area contributed by atoms with E-state index in [4.69, 9.17) is 0 Å². The Hall–Kier alpha value is -2.96. The molecule has 7 heteroatoms. The van der Waals surface area contributed by atoms with Gasteiger partial charge in [0.25, 0.3) is 5.91 Å². The average Bonchev–Trinajstić information content (AvgIpc) is 2.68. The molecule has 7 nitrogen and oxygen atoms in total. The van der Waals surface area contributed by atoms with Gasteiger partial charge in [-0.05, 0) is 37.0 Å². The quantitative estimate of drug-likeness (QED) is 0.860. The molecule has 1 N–H and O–H groups in total. The lowest BCUT2D eigenvalue weighted by molar-refractivity contribution is -0.130. The molecule has 0 radical (unpaired) electrons. The Morgan fingerprint density at radius 3 is 2.31 bits per heavy atom. The fraction of sp³-hybridized carbons (Fsp3) is 0.455. The number of benzene rings is 1. The maximum absolute atomic E-state index is 13.0. The van der Waals surface area contributed by atoms with Crippen molar-refractivity contribution >= 4 is 23.5 Å². The van der Waals surface area contributed by atoms with Crippen molar-refractivity contribution in [2.75, 3.05) is 31.5 Å². The van der Waals surface area contributed by atoms with Gasteiger partial charge in [-0.1, -0.05) is 32.0 Å². The van der Waals surface area contributed by atoms with Gasteiger partial charge in [-0.2, -0.15) is 0 Å². The fourth-order valence-electron chi connectivity index (χ4n) is 3.57. The molecular weight excluding hydrogens is 366 g/mol. The minimum Gasteiger partial charge on any atom is -0.339 e. The van der Waals surface area contributed by atoms with Crippen molar-refractivity contribution in [3.05, 3.63) is 46.8 Å². The molecule has 1 aromatic carbocycles. The third kappa shape index (κ3) is 4.72. The van der Waals surface area contributed by atoms with Crippen molar-refractivity contribution in [1.29, 1.82) is 0 Å². The SMILES string of the molecule is CC(=O)N1CCN(C(=O)c2cc(C)nc(Nc3c(C)cccc3C(C)C)n2)CC1. The summed E-state index contributed by atoms with van der Waals surface area (Å²) >= 11 is 0. The lowest BCUT2D eigenvalue weighted by Gasteiger charge is -2.34. The number of aryl methyl sites for hydroxylation is 2. The smallest absolute Gasteiger partial charge is 0.272 e. The number of piperazine rings is 1. The number of hydrogen-bond acceptors (Lipinski definition) is 5. The normalized spacial score (nSPS) is 14.3. The molecule has 1 aliphatic rings. The van der Waals surface area contributed by atoms with Crippen molar-refractivity contribution in [2.24, 2.45) is 0 Å². The highest BCUT2D eigenvalue weighted by Gasteiger charge is 2.25. The Bertz CT molecular complexity index is 917. The zero-order valence-electron chi connectivity index (χ0n) is 17.8. The summed E-state index contributed by atoms with van der Waals surface area (Å²) in [6, 6.07) is 7.90. The van der Waals surface area contributed by atoms with E-state index >= 15 is 0 Å². The van der Waals surface area contributed by atoms with Crippen LogP contribution in [0, 0.1) is 13.8 Å². The number of carbonyl (C=O) groups is 2. The highest BCUT2D eigenvalue weighted by Crippen LogP contribution is 2.29. The van der Waals surface area contributed by atoms with Crippen LogP contribution in [0.4, 0.5) is 11.6 Å². The van der Waals surface area contributed by atoms with Gasteiger partial charge in [-0.15, -0.1) is 0 Å². The second-order valence-corrected chi connectivity index (χ2v) is 7.84. The van der Waals surface area contributed by atoms with Gasteiger partial charge in [0.15, 0.2) is 0 Å². The Kier molecular flexibility index (Phi) is 6.15. The Balaban J connectivity index is 1.83. The first-order valence-corrected chi connectivity index (χ1v) is 10.0. The summed E-state index contributed by atoms with van der Waals surface area (Å²) in [5.74, 6) is 0.684. The van der Waals surface area contributed by atoms with Crippen LogP contribution in [0.2, 0.25) is 0 Å². The van der Waals surface area contributed by atoms with Crippen LogP contribution in [0.3, 0.4) is 0 Å². The molecule has 0 atom stereocenters. The largest absolute Gasteiger partial charge is 0.339 e. The Morgan fingerprint density at radius 1 is 1.03 bits per heavy atom. The summed E-state index contributed by atoms with van der Waals surface area (Å²) in [5.41, 5.74) is 4.38. The Labute approximate surface area is 172 Å². The molecule has 1 aliphatic heterocycles. The van der Waals surface area contributed by atoms with E-state index < -0.39 is 0 Å². The first-order valence-electron chi connectivity index (χ1n) is 10.0. The van der Waals surface area contributed by atoms with Gasteiger partial charge in [0.1, 0.15) is 5.69 Å². The second-order valence-electron chi connectivity index (χ2n) is 7.84. The molecule has 2 heterocycles. The van der Waals surface area contributed by atoms with Crippen molar-refractivity contribution in [2.45, 2.75) is 40.5 Å². The molecule has 29 heavy (non-hydrogen) atoms. The zero-order valence-corrected chi connectivity index (χ0v) is 17.8. The number of nitrogens with one attached hydrogen (secondary N) is 1. The molecule has 3 rings (SSSR count). The van der Waals surface area contributed by atoms with Crippen LogP contribution in [0.15, 0.2) is 24.3 Å². The number of carbonyl (C=O) groups excluding carboxylic acids is 2. The highest BCUT2D eigenvalue weighted by atomic mass is 16.2. The van der Waals surface area contributed by atoms with Gasteiger partial charge in [-0.25, -0.2) is 9.97 Å². The second kappa shape index (κ2) is 8.59. The maximum Gasteiger partial charge on any atom is 0.272 e. The summed E-state index contributed by atoms with van der Waals surface area (Å²) in [6.07, 6.45) is 0. The van der Waals surface area contributed by atoms with Gasteiger partial charge in [0.2, 0.25) is 11.9 Å². The summed E-state index contributed by atoms with van der Waals surface area (Å²) in [7, 11) is 0. The first kappa shape index (κ1) is 20.8. The van der Waals surface area contributed by atoms with Gasteiger partial charge < -0.3 is 15.1 Å². The van der Waals surface area contributed by atoms with Crippen molar-refractivity contribution in [1.82, 2.24) is 19.8 Å². The van der Waals surface area contributed by atoms with Crippen LogP contribution < -0.4 is 5.32 Å². The Morgan fingerprint density at radius 2 is 1.69 bits per heavy atom. The van der Waals surface area contributed by atoms with Crippen LogP contribution >= 0.6 is 0 Å². The topological polar surface area (TPSA) is 78.4 Å². The van der Waals surface area contributed by atoms with Gasteiger partial charge >= 0.3 is 0 Å². The standard InChI is InChI=1S/C22H29N5O2/c1-14(2)18-8-6-7-15(3)20(18)25-22-23-16(4)13-19(24-22)21(29)27-11-9-26(10-12-27)17(5)28/h6-8,13-14H,9-12H2,1-5H3,(H,23,24,25). The first-order chi connectivity index (χ1) is 13.8. The lowest BCUT2D eigenvalue weighted by Crippen LogP contribution is -2.50. The number of anilines is 2. The minimum absolute atomic E-state index is 0.0423. The molecule has 0 aliphatic carbocycles. The highest BCUT2D eigenvalue weighted by molar-refractivity contribution is 5.93. The van der Waals surface area contributed by atoms with Crippen LogP contribution in [0.1, 0.15) is 54.0 Å². The molecule has 0 spiro atoms. The zero-order chi connectivity index (χ0) is 21.1. The van der Waals surface area contributed by atoms with Crippen LogP contribution in [0.25, 0.3) is 0 Å². The number of nitrogens with zero attached hydrogens (tertiary/aromatic N) is 4. The molecule has 1 saturated heterocycles. The predicted molar refractivity (Wildman–Crippen MR) is 113 cm³/mol. The summed E-state index contributed by atoms with van der Waals surface area (Å²) < 4.78 is 0. The molecule has 0 unspecified atom stereocenters. The molecule has 2 aromatic rings. The summed E-state index contributed by atoms with van der Waals surface area (Å²) in [5, 5.41) is 3.34. The van der Waals surface area contributed by atoms with Crippen molar-refractivity contribution < 1.29 is 9.59 Å².